The first-order valence-corrected chi connectivity index (χ1v) is 9.98. The van der Waals surface area contributed by atoms with Crippen LogP contribution >= 0.6 is 11.6 Å². The molecule has 2 aromatic carbocycles. The van der Waals surface area contributed by atoms with Crippen molar-refractivity contribution in [3.63, 3.8) is 0 Å². The van der Waals surface area contributed by atoms with E-state index in [9.17, 15) is 24.3 Å². The quantitative estimate of drug-likeness (QED) is 0.398. The van der Waals surface area contributed by atoms with Gasteiger partial charge in [-0.2, -0.15) is 0 Å². The third-order valence-corrected chi connectivity index (χ3v) is 5.61. The smallest absolute Gasteiger partial charge is 0.336 e. The second kappa shape index (κ2) is 7.28. The summed E-state index contributed by atoms with van der Waals surface area (Å²) >= 11 is 6.00. The molecule has 2 aromatic heterocycles. The number of nitrogens with zero attached hydrogens (tertiary/aromatic N) is 2. The number of carbonyl (C=O) groups is 3. The number of amides is 2. The molecule has 3 heterocycles. The summed E-state index contributed by atoms with van der Waals surface area (Å²) in [6.07, 6.45) is 0. The number of nitrogen functional groups attached to an aromatic ring is 1. The SMILES string of the molecule is Nc1c2c(cc(=O)n1-c1ccc(-c3cc(C(=O)O)c4cc(Cl)ccc4n3)cc1)C(=O)NC2=O. The van der Waals surface area contributed by atoms with Crippen LogP contribution in [0.5, 0.6) is 0 Å². The second-order valence-corrected chi connectivity index (χ2v) is 7.78. The van der Waals surface area contributed by atoms with E-state index in [0.29, 0.717) is 32.9 Å². The van der Waals surface area contributed by atoms with Crippen LogP contribution in [0, 0.1) is 0 Å². The minimum Gasteiger partial charge on any atom is -0.478 e. The zero-order valence-corrected chi connectivity index (χ0v) is 17.4. The van der Waals surface area contributed by atoms with Gasteiger partial charge in [0.25, 0.3) is 17.4 Å². The third-order valence-electron chi connectivity index (χ3n) is 5.38. The molecule has 0 radical (unpaired) electrons. The van der Waals surface area contributed by atoms with Crippen LogP contribution in [0.1, 0.15) is 31.1 Å². The van der Waals surface area contributed by atoms with E-state index in [4.69, 9.17) is 17.3 Å². The highest BCUT2D eigenvalue weighted by molar-refractivity contribution is 6.31. The van der Waals surface area contributed by atoms with Gasteiger partial charge >= 0.3 is 5.97 Å². The summed E-state index contributed by atoms with van der Waals surface area (Å²) in [6.45, 7) is 0. The molecule has 0 atom stereocenters. The number of hydrogen-bond donors (Lipinski definition) is 3. The molecule has 10 heteroatoms. The lowest BCUT2D eigenvalue weighted by Gasteiger charge is -2.13. The number of nitrogens with one attached hydrogen (secondary N) is 1. The highest BCUT2D eigenvalue weighted by Crippen LogP contribution is 2.28. The fourth-order valence-electron chi connectivity index (χ4n) is 3.85. The van der Waals surface area contributed by atoms with Gasteiger partial charge in [-0.15, -0.1) is 0 Å². The summed E-state index contributed by atoms with van der Waals surface area (Å²) < 4.78 is 1.12. The highest BCUT2D eigenvalue weighted by atomic mass is 35.5. The molecule has 2 amide bonds. The Morgan fingerprint density at radius 3 is 2.42 bits per heavy atom. The molecule has 1 aliphatic rings. The normalized spacial score (nSPS) is 12.6. The Bertz CT molecular complexity index is 1590. The Morgan fingerprint density at radius 1 is 1.00 bits per heavy atom. The Labute approximate surface area is 190 Å². The van der Waals surface area contributed by atoms with Crippen LogP contribution in [0.4, 0.5) is 5.82 Å². The number of nitrogens with two attached hydrogens (primary N) is 1. The maximum Gasteiger partial charge on any atom is 0.336 e. The molecule has 4 N–H and O–H groups in total. The Balaban J connectivity index is 1.62. The molecule has 0 spiro atoms. The van der Waals surface area contributed by atoms with Gasteiger partial charge in [0.1, 0.15) is 5.82 Å². The largest absolute Gasteiger partial charge is 0.478 e. The number of hydrogen-bond acceptors (Lipinski definition) is 6. The average molecular weight is 461 g/mol. The van der Waals surface area contributed by atoms with Crippen molar-refractivity contribution in [3.05, 3.63) is 86.7 Å². The molecule has 0 unspecified atom stereocenters. The van der Waals surface area contributed by atoms with Crippen molar-refractivity contribution in [1.82, 2.24) is 14.9 Å². The molecule has 0 bridgehead atoms. The van der Waals surface area contributed by atoms with Gasteiger partial charge in [-0.05, 0) is 36.4 Å². The summed E-state index contributed by atoms with van der Waals surface area (Å²) in [5.74, 6) is -2.60. The van der Waals surface area contributed by atoms with Gasteiger partial charge < -0.3 is 10.8 Å². The number of carboxylic acids is 1. The van der Waals surface area contributed by atoms with Crippen molar-refractivity contribution in [2.24, 2.45) is 0 Å². The van der Waals surface area contributed by atoms with E-state index in [1.54, 1.807) is 42.5 Å². The van der Waals surface area contributed by atoms with Crippen LogP contribution in [0.25, 0.3) is 27.8 Å². The Morgan fingerprint density at radius 2 is 1.73 bits per heavy atom. The summed E-state index contributed by atoms with van der Waals surface area (Å²) in [7, 11) is 0. The summed E-state index contributed by atoms with van der Waals surface area (Å²) in [5, 5.41) is 12.6. The maximum absolute atomic E-state index is 12.6. The molecule has 0 aliphatic carbocycles. The Hall–Kier alpha value is -4.50. The number of pyridine rings is 2. The van der Waals surface area contributed by atoms with Crippen molar-refractivity contribution in [2.75, 3.05) is 5.73 Å². The molecule has 0 saturated heterocycles. The van der Waals surface area contributed by atoms with Crippen LogP contribution in [0.15, 0.2) is 59.4 Å². The molecule has 9 nitrogen and oxygen atoms in total. The predicted octanol–water partition coefficient (Wildman–Crippen LogP) is 2.87. The number of aromatic carboxylic acids is 1. The van der Waals surface area contributed by atoms with E-state index in [-0.39, 0.29) is 22.5 Å². The number of carbonyl (C=O) groups excluding carboxylic acids is 2. The number of anilines is 1. The van der Waals surface area contributed by atoms with Gasteiger partial charge in [0.15, 0.2) is 0 Å². The summed E-state index contributed by atoms with van der Waals surface area (Å²) in [6, 6.07) is 13.8. The predicted molar refractivity (Wildman–Crippen MR) is 121 cm³/mol. The molecular formula is C23H13ClN4O5. The average Bonchev–Trinajstić information content (AvgIpc) is 3.06. The first kappa shape index (κ1) is 20.4. The first-order valence-electron chi connectivity index (χ1n) is 9.60. The summed E-state index contributed by atoms with van der Waals surface area (Å²) in [5.41, 5.74) is 7.26. The van der Waals surface area contributed by atoms with E-state index in [1.165, 1.54) is 6.07 Å². The lowest BCUT2D eigenvalue weighted by molar-refractivity contribution is 0.0698. The zero-order valence-electron chi connectivity index (χ0n) is 16.6. The number of halogens is 1. The van der Waals surface area contributed by atoms with E-state index >= 15 is 0 Å². The van der Waals surface area contributed by atoms with E-state index in [0.717, 1.165) is 10.6 Å². The fraction of sp³-hybridized carbons (Fsp3) is 0. The first-order chi connectivity index (χ1) is 15.7. The zero-order chi connectivity index (χ0) is 23.4. The number of aromatic nitrogens is 2. The van der Waals surface area contributed by atoms with E-state index in [1.807, 2.05) is 0 Å². The third kappa shape index (κ3) is 3.22. The van der Waals surface area contributed by atoms with Gasteiger partial charge in [-0.1, -0.05) is 23.7 Å². The van der Waals surface area contributed by atoms with Crippen LogP contribution in [0.3, 0.4) is 0 Å². The number of benzene rings is 2. The number of imide groups is 1. The molecular weight excluding hydrogens is 448 g/mol. The van der Waals surface area contributed by atoms with Crippen molar-refractivity contribution in [3.8, 4) is 16.9 Å². The molecule has 0 saturated carbocycles. The van der Waals surface area contributed by atoms with Crippen LogP contribution in [-0.4, -0.2) is 32.4 Å². The van der Waals surface area contributed by atoms with Gasteiger partial charge in [0.05, 0.1) is 33.6 Å². The Kier molecular flexibility index (Phi) is 4.50. The monoisotopic (exact) mass is 460 g/mol. The van der Waals surface area contributed by atoms with Crippen molar-refractivity contribution in [2.45, 2.75) is 0 Å². The minimum atomic E-state index is -1.12. The van der Waals surface area contributed by atoms with Crippen molar-refractivity contribution < 1.29 is 19.5 Å². The molecule has 162 valence electrons. The van der Waals surface area contributed by atoms with Crippen LogP contribution in [-0.2, 0) is 0 Å². The van der Waals surface area contributed by atoms with Crippen LogP contribution < -0.4 is 16.6 Å². The van der Waals surface area contributed by atoms with E-state index in [2.05, 4.69) is 10.3 Å². The van der Waals surface area contributed by atoms with Gasteiger partial charge in [0, 0.05) is 22.0 Å². The van der Waals surface area contributed by atoms with E-state index < -0.39 is 23.3 Å². The standard InChI is InChI=1S/C23H13ClN4O5/c24-11-3-6-16-13(7-11)14(23(32)33)8-17(26-16)10-1-4-12(5-2-10)28-18(29)9-15-19(20(28)25)22(31)27-21(15)30/h1-9H,25H2,(H,32,33)(H,27,30,31). The minimum absolute atomic E-state index is 0.0513. The fourth-order valence-corrected chi connectivity index (χ4v) is 4.02. The lowest BCUT2D eigenvalue weighted by atomic mass is 10.0. The summed E-state index contributed by atoms with van der Waals surface area (Å²) in [4.78, 5) is 52.8. The van der Waals surface area contributed by atoms with Crippen LogP contribution in [0.2, 0.25) is 5.02 Å². The topological polar surface area (TPSA) is 144 Å². The number of rotatable bonds is 3. The van der Waals surface area contributed by atoms with Gasteiger partial charge in [-0.3, -0.25) is 24.3 Å². The second-order valence-electron chi connectivity index (χ2n) is 7.34. The molecule has 4 aromatic rings. The maximum atomic E-state index is 12.6. The van der Waals surface area contributed by atoms with Crippen molar-refractivity contribution >= 4 is 46.1 Å². The molecule has 0 fully saturated rings. The molecule has 5 rings (SSSR count). The van der Waals surface area contributed by atoms with Crippen molar-refractivity contribution in [1.29, 1.82) is 0 Å². The van der Waals surface area contributed by atoms with Gasteiger partial charge in [0.2, 0.25) is 0 Å². The van der Waals surface area contributed by atoms with Gasteiger partial charge in [-0.25, -0.2) is 9.78 Å². The lowest BCUT2D eigenvalue weighted by Crippen LogP contribution is -2.24. The number of fused-ring (bicyclic) bond motifs is 2. The molecule has 1 aliphatic heterocycles. The number of carboxylic acid groups (broad SMARTS) is 1. The molecule has 33 heavy (non-hydrogen) atoms. The highest BCUT2D eigenvalue weighted by Gasteiger charge is 2.31.